The molecule has 1 unspecified atom stereocenters. The van der Waals surface area contributed by atoms with Gasteiger partial charge >= 0.3 is 13.8 Å². The second-order valence-electron chi connectivity index (χ2n) is 1.82. The highest BCUT2D eigenvalue weighted by atomic mass is 31.2. The van der Waals surface area contributed by atoms with E-state index < -0.39 is 19.9 Å². The average molecular weight is 184 g/mol. The Morgan fingerprint density at radius 3 is 2.36 bits per heavy atom. The number of carbonyl (C=O) groups excluding carboxylic acids is 1. The zero-order valence-electron chi connectivity index (χ0n) is 5.80. The van der Waals surface area contributed by atoms with E-state index in [4.69, 9.17) is 14.9 Å². The first-order valence-corrected chi connectivity index (χ1v) is 4.37. The van der Waals surface area contributed by atoms with Crippen LogP contribution in [-0.4, -0.2) is 27.0 Å². The van der Waals surface area contributed by atoms with E-state index >= 15 is 0 Å². The fourth-order valence-corrected chi connectivity index (χ4v) is 0.701. The molecule has 66 valence electrons. The predicted octanol–water partition coefficient (Wildman–Crippen LogP) is -0.607. The van der Waals surface area contributed by atoms with Crippen LogP contribution in [0.3, 0.4) is 0 Å². The molecule has 0 spiro atoms. The Balaban J connectivity index is 3.99. The van der Waals surface area contributed by atoms with Crippen LogP contribution in [0, 0.1) is 0 Å². The van der Waals surface area contributed by atoms with Gasteiger partial charge in [-0.05, 0) is 6.42 Å². The molecular formula is C4H9O6P. The molecule has 0 radical (unpaired) electrons. The predicted molar refractivity (Wildman–Crippen MR) is 34.4 cm³/mol. The smallest absolute Gasteiger partial charge is 0.381 e. The van der Waals surface area contributed by atoms with Gasteiger partial charge in [-0.25, -0.2) is 9.36 Å². The third kappa shape index (κ3) is 4.92. The molecule has 0 heterocycles. The molecule has 0 aromatic carbocycles. The first kappa shape index (κ1) is 10.6. The lowest BCUT2D eigenvalue weighted by molar-refractivity contribution is -0.145. The summed E-state index contributed by atoms with van der Waals surface area (Å²) < 4.78 is 13.6. The van der Waals surface area contributed by atoms with E-state index in [1.807, 2.05) is 0 Å². The van der Waals surface area contributed by atoms with Gasteiger partial charge in [0.1, 0.15) is 0 Å². The molecule has 0 bridgehead atoms. The van der Waals surface area contributed by atoms with Crippen LogP contribution in [-0.2, 0) is 13.9 Å². The Hall–Kier alpha value is -0.420. The van der Waals surface area contributed by atoms with Crippen molar-refractivity contribution in [3.8, 4) is 0 Å². The molecule has 0 saturated carbocycles. The highest BCUT2D eigenvalue weighted by molar-refractivity contribution is 7.46. The third-order valence-electron chi connectivity index (χ3n) is 0.868. The molecular weight excluding hydrogens is 175 g/mol. The fourth-order valence-electron chi connectivity index (χ4n) is 0.345. The summed E-state index contributed by atoms with van der Waals surface area (Å²) in [6.07, 6.45) is -1.42. The molecule has 11 heavy (non-hydrogen) atoms. The Labute approximate surface area is 63.0 Å². The Morgan fingerprint density at radius 1 is 1.64 bits per heavy atom. The van der Waals surface area contributed by atoms with Gasteiger partial charge in [-0.15, -0.1) is 0 Å². The lowest BCUT2D eigenvalue weighted by Crippen LogP contribution is -2.20. The van der Waals surface area contributed by atoms with Gasteiger partial charge in [-0.2, -0.15) is 0 Å². The van der Waals surface area contributed by atoms with Gasteiger partial charge in [0.2, 0.25) is 0 Å². The van der Waals surface area contributed by atoms with E-state index in [-0.39, 0.29) is 6.42 Å². The molecule has 0 aromatic heterocycles. The van der Waals surface area contributed by atoms with Crippen molar-refractivity contribution in [1.29, 1.82) is 0 Å². The molecule has 0 aliphatic carbocycles. The van der Waals surface area contributed by atoms with E-state index in [9.17, 15) is 9.36 Å². The minimum absolute atomic E-state index is 0.0544. The van der Waals surface area contributed by atoms with Crippen LogP contribution >= 0.6 is 7.82 Å². The lowest BCUT2D eigenvalue weighted by atomic mass is 10.3. The van der Waals surface area contributed by atoms with Crippen molar-refractivity contribution in [2.75, 3.05) is 0 Å². The van der Waals surface area contributed by atoms with E-state index in [1.165, 1.54) is 6.92 Å². The van der Waals surface area contributed by atoms with Crippen LogP contribution < -0.4 is 0 Å². The van der Waals surface area contributed by atoms with Crippen molar-refractivity contribution in [3.05, 3.63) is 0 Å². The van der Waals surface area contributed by atoms with E-state index in [0.29, 0.717) is 0 Å². The number of aliphatic hydroxyl groups excluding tert-OH is 1. The molecule has 6 nitrogen and oxygen atoms in total. The minimum atomic E-state index is -4.80. The van der Waals surface area contributed by atoms with E-state index in [0.717, 1.165) is 0 Å². The molecule has 1 atom stereocenters. The number of carbonyl (C=O) groups is 1. The van der Waals surface area contributed by atoms with Crippen LogP contribution in [0.15, 0.2) is 0 Å². The third-order valence-corrected chi connectivity index (χ3v) is 1.29. The first-order chi connectivity index (χ1) is 4.87. The monoisotopic (exact) mass is 184 g/mol. The van der Waals surface area contributed by atoms with Gasteiger partial charge in [0.15, 0.2) is 6.10 Å². The van der Waals surface area contributed by atoms with Gasteiger partial charge in [0.05, 0.1) is 0 Å². The summed E-state index contributed by atoms with van der Waals surface area (Å²) in [6.45, 7) is 1.48. The zero-order valence-corrected chi connectivity index (χ0v) is 6.69. The van der Waals surface area contributed by atoms with Crippen LogP contribution in [0.25, 0.3) is 0 Å². The summed E-state index contributed by atoms with van der Waals surface area (Å²) in [5.41, 5.74) is 0. The highest BCUT2D eigenvalue weighted by Crippen LogP contribution is 2.36. The fraction of sp³-hybridized carbons (Fsp3) is 0.750. The van der Waals surface area contributed by atoms with Crippen LogP contribution in [0.4, 0.5) is 0 Å². The quantitative estimate of drug-likeness (QED) is 0.505. The molecule has 0 aliphatic rings. The van der Waals surface area contributed by atoms with Crippen molar-refractivity contribution < 1.29 is 28.8 Å². The van der Waals surface area contributed by atoms with Gasteiger partial charge in [0, 0.05) is 0 Å². The maximum absolute atomic E-state index is 10.4. The van der Waals surface area contributed by atoms with Crippen molar-refractivity contribution in [2.24, 2.45) is 0 Å². The molecule has 0 aliphatic heterocycles. The molecule has 0 rings (SSSR count). The van der Waals surface area contributed by atoms with E-state index in [2.05, 4.69) is 4.52 Å². The van der Waals surface area contributed by atoms with Crippen molar-refractivity contribution in [1.82, 2.24) is 0 Å². The maximum Gasteiger partial charge on any atom is 0.527 e. The molecule has 3 N–H and O–H groups in total. The van der Waals surface area contributed by atoms with Crippen LogP contribution in [0.5, 0.6) is 0 Å². The number of hydrogen-bond acceptors (Lipinski definition) is 4. The number of rotatable bonds is 3. The van der Waals surface area contributed by atoms with Gasteiger partial charge in [-0.3, -0.25) is 9.79 Å². The zero-order chi connectivity index (χ0) is 9.07. The Morgan fingerprint density at radius 2 is 2.09 bits per heavy atom. The SMILES string of the molecule is CCC(O)C(=O)OP(=O)(O)O. The number of hydrogen-bond donors (Lipinski definition) is 3. The van der Waals surface area contributed by atoms with Gasteiger partial charge < -0.3 is 9.63 Å². The lowest BCUT2D eigenvalue weighted by Gasteiger charge is -2.07. The Bertz CT molecular complexity index is 183. The maximum atomic E-state index is 10.4. The van der Waals surface area contributed by atoms with Gasteiger partial charge in [0.25, 0.3) is 0 Å². The second-order valence-corrected chi connectivity index (χ2v) is 2.99. The van der Waals surface area contributed by atoms with Gasteiger partial charge in [-0.1, -0.05) is 6.92 Å². The summed E-state index contributed by atoms with van der Waals surface area (Å²) >= 11 is 0. The van der Waals surface area contributed by atoms with Crippen molar-refractivity contribution >= 4 is 13.8 Å². The van der Waals surface area contributed by atoms with Crippen molar-refractivity contribution in [3.63, 3.8) is 0 Å². The topological polar surface area (TPSA) is 104 Å². The number of phosphoric ester groups is 1. The molecule has 7 heteroatoms. The van der Waals surface area contributed by atoms with Crippen molar-refractivity contribution in [2.45, 2.75) is 19.4 Å². The summed E-state index contributed by atoms with van der Waals surface area (Å²) in [4.78, 5) is 26.6. The first-order valence-electron chi connectivity index (χ1n) is 2.84. The molecule has 0 aromatic rings. The standard InChI is InChI=1S/C4H9O6P/c1-2-3(5)4(6)10-11(7,8)9/h3,5H,2H2,1H3,(H2,7,8,9). The highest BCUT2D eigenvalue weighted by Gasteiger charge is 2.24. The molecule has 0 amide bonds. The number of aliphatic hydroxyl groups is 1. The second kappa shape index (κ2) is 3.82. The normalized spacial score (nSPS) is 14.2. The summed E-state index contributed by atoms with van der Waals surface area (Å²) in [7, 11) is -4.80. The molecule has 0 fully saturated rings. The van der Waals surface area contributed by atoms with E-state index in [1.54, 1.807) is 0 Å². The summed E-state index contributed by atoms with van der Waals surface area (Å²) in [6, 6.07) is 0. The minimum Gasteiger partial charge on any atom is -0.381 e. The molecule has 0 saturated heterocycles. The van der Waals surface area contributed by atoms with Crippen LogP contribution in [0.2, 0.25) is 0 Å². The Kier molecular flexibility index (Phi) is 3.68. The summed E-state index contributed by atoms with van der Waals surface area (Å²) in [5.74, 6) is -1.30. The summed E-state index contributed by atoms with van der Waals surface area (Å²) in [5, 5.41) is 8.67. The number of phosphoric acid groups is 1. The largest absolute Gasteiger partial charge is 0.527 e. The van der Waals surface area contributed by atoms with Crippen LogP contribution in [0.1, 0.15) is 13.3 Å². The average Bonchev–Trinajstić information content (AvgIpc) is 1.82.